The summed E-state index contributed by atoms with van der Waals surface area (Å²) in [5, 5.41) is 0. The van der Waals surface area contributed by atoms with Gasteiger partial charge in [-0.2, -0.15) is 0 Å². The van der Waals surface area contributed by atoms with E-state index >= 15 is 0 Å². The summed E-state index contributed by atoms with van der Waals surface area (Å²) in [7, 11) is -12.1. The molecule has 0 aromatic rings. The Kier molecular flexibility index (Phi) is 12.1. The van der Waals surface area contributed by atoms with E-state index in [9.17, 15) is 0 Å². The quantitative estimate of drug-likeness (QED) is 0.222. The molecule has 0 heterocycles. The van der Waals surface area contributed by atoms with E-state index in [0.717, 1.165) is 0 Å². The minimum Gasteiger partial charge on any atom is -0.303 e. The van der Waals surface area contributed by atoms with E-state index in [1.54, 1.807) is 0 Å². The van der Waals surface area contributed by atoms with Gasteiger partial charge in [-0.3, -0.25) is 9.79 Å². The summed E-state index contributed by atoms with van der Waals surface area (Å²) in [6, 6.07) is 0. The SMILES string of the molecule is O=P(O)(O)O.O=P(O)(O)O.O=[P](O)O. The molecule has 1 radical (unpaired) electrons. The fourth-order valence-corrected chi connectivity index (χ4v) is 0. The predicted octanol–water partition coefficient (Wildman–Crippen LogP) is -2.23. The first-order valence-electron chi connectivity index (χ1n) is 2.15. The average Bonchev–Trinajstić information content (AvgIpc) is 1.45. The minimum atomic E-state index is -4.64. The van der Waals surface area contributed by atoms with Gasteiger partial charge < -0.3 is 29.4 Å². The summed E-state index contributed by atoms with van der Waals surface area (Å²) in [4.78, 5) is 57.4. The van der Waals surface area contributed by atoms with Gasteiger partial charge in [0.15, 0.2) is 0 Å². The zero-order valence-corrected chi connectivity index (χ0v) is 8.83. The maximum absolute atomic E-state index is 8.88. The van der Waals surface area contributed by atoms with Crippen molar-refractivity contribution in [3.63, 3.8) is 0 Å². The highest BCUT2D eigenvalue weighted by Gasteiger charge is 2.00. The minimum absolute atomic E-state index is 2.87. The summed E-state index contributed by atoms with van der Waals surface area (Å²) in [5.74, 6) is 0. The Morgan fingerprint density at radius 2 is 0.714 bits per heavy atom. The molecule has 89 valence electrons. The van der Waals surface area contributed by atoms with E-state index in [2.05, 4.69) is 0 Å². The van der Waals surface area contributed by atoms with Crippen LogP contribution in [-0.2, 0) is 13.7 Å². The van der Waals surface area contributed by atoms with Crippen molar-refractivity contribution in [1.29, 1.82) is 0 Å². The van der Waals surface area contributed by atoms with Gasteiger partial charge in [-0.1, -0.05) is 0 Å². The van der Waals surface area contributed by atoms with Crippen LogP contribution >= 0.6 is 23.9 Å². The lowest BCUT2D eigenvalue weighted by Gasteiger charge is -1.82. The van der Waals surface area contributed by atoms with Gasteiger partial charge in [-0.05, 0) is 0 Å². The van der Waals surface area contributed by atoms with Crippen molar-refractivity contribution in [3.8, 4) is 0 Å². The zero-order chi connectivity index (χ0) is 12.6. The molecule has 11 nitrogen and oxygen atoms in total. The molecule has 0 spiro atoms. The van der Waals surface area contributed by atoms with E-state index in [4.69, 9.17) is 52.8 Å². The van der Waals surface area contributed by atoms with Crippen molar-refractivity contribution < 1.29 is 52.8 Å². The van der Waals surface area contributed by atoms with Crippen LogP contribution in [0.3, 0.4) is 0 Å². The van der Waals surface area contributed by atoms with Gasteiger partial charge in [0.2, 0.25) is 0 Å². The van der Waals surface area contributed by atoms with Crippen molar-refractivity contribution in [2.24, 2.45) is 0 Å². The van der Waals surface area contributed by atoms with E-state index in [1.165, 1.54) is 0 Å². The molecule has 0 aliphatic rings. The Balaban J connectivity index is -0.000000131. The van der Waals surface area contributed by atoms with Crippen LogP contribution in [0, 0.1) is 0 Å². The molecule has 0 atom stereocenters. The molecule has 0 saturated heterocycles. The molecule has 0 aromatic heterocycles. The smallest absolute Gasteiger partial charge is 0.303 e. The molecule has 0 unspecified atom stereocenters. The van der Waals surface area contributed by atoms with Gasteiger partial charge in [0.05, 0.1) is 0 Å². The molecule has 8 N–H and O–H groups in total. The predicted molar refractivity (Wildman–Crippen MR) is 40.6 cm³/mol. The third kappa shape index (κ3) is 26800. The molecule has 0 aliphatic carbocycles. The highest BCUT2D eigenvalue weighted by molar-refractivity contribution is 7.45. The van der Waals surface area contributed by atoms with E-state index in [1.807, 2.05) is 0 Å². The van der Waals surface area contributed by atoms with Gasteiger partial charge in [0.25, 0.3) is 0 Å². The highest BCUT2D eigenvalue weighted by atomic mass is 31.2. The summed E-state index contributed by atoms with van der Waals surface area (Å²) >= 11 is 0. The van der Waals surface area contributed by atoms with Gasteiger partial charge >= 0.3 is 23.9 Å². The molecule has 0 aromatic carbocycles. The van der Waals surface area contributed by atoms with Crippen molar-refractivity contribution in [1.82, 2.24) is 0 Å². The standard InChI is InChI=1S/2H3O4P.H2O3P/c2*1-5(2,3)4;1-4(2)3/h2*(H3,1,2,3,4);(H2,1,2,3). The molecule has 0 fully saturated rings. The Bertz CT molecular complexity index is 186. The Hall–Kier alpha value is 0.240. The zero-order valence-electron chi connectivity index (χ0n) is 6.14. The van der Waals surface area contributed by atoms with Crippen molar-refractivity contribution in [2.75, 3.05) is 0 Å². The third-order valence-electron chi connectivity index (χ3n) is 0. The summed E-state index contributed by atoms with van der Waals surface area (Å²) in [6.45, 7) is 0. The summed E-state index contributed by atoms with van der Waals surface area (Å²) in [5.41, 5.74) is 0. The second-order valence-electron chi connectivity index (χ2n) is 1.28. The third-order valence-corrected chi connectivity index (χ3v) is 0. The number of rotatable bonds is 0. The van der Waals surface area contributed by atoms with E-state index < -0.39 is 23.9 Å². The van der Waals surface area contributed by atoms with Crippen LogP contribution in [0.4, 0.5) is 0 Å². The van der Waals surface area contributed by atoms with Crippen molar-refractivity contribution in [3.05, 3.63) is 0 Å². The first-order chi connectivity index (χ1) is 5.73. The topological polar surface area (TPSA) is 213 Å². The van der Waals surface area contributed by atoms with Crippen LogP contribution in [-0.4, -0.2) is 39.1 Å². The number of phosphoric acid groups is 2. The van der Waals surface area contributed by atoms with Crippen LogP contribution in [0.5, 0.6) is 0 Å². The molecular formula is H8O11P3. The number of hydrogen-bond acceptors (Lipinski definition) is 3. The normalized spacial score (nSPS) is 10.3. The molecule has 14 heteroatoms. The Morgan fingerprint density at radius 1 is 0.714 bits per heavy atom. The van der Waals surface area contributed by atoms with Crippen LogP contribution in [0.15, 0.2) is 0 Å². The Labute approximate surface area is 77.7 Å². The lowest BCUT2D eigenvalue weighted by Crippen LogP contribution is -1.66. The largest absolute Gasteiger partial charge is 0.466 e. The van der Waals surface area contributed by atoms with Gasteiger partial charge in [0, 0.05) is 0 Å². The van der Waals surface area contributed by atoms with Gasteiger partial charge in [-0.15, -0.1) is 0 Å². The highest BCUT2D eigenvalue weighted by Crippen LogP contribution is 2.26. The Morgan fingerprint density at radius 3 is 0.714 bits per heavy atom. The number of hydrogen-bond donors (Lipinski definition) is 8. The summed E-state index contributed by atoms with van der Waals surface area (Å²) < 4.78 is 26.5. The monoisotopic (exact) mass is 277 g/mol. The van der Waals surface area contributed by atoms with Crippen LogP contribution in [0.2, 0.25) is 0 Å². The second kappa shape index (κ2) is 8.54. The van der Waals surface area contributed by atoms with Gasteiger partial charge in [-0.25, -0.2) is 13.7 Å². The van der Waals surface area contributed by atoms with Crippen molar-refractivity contribution in [2.45, 2.75) is 0 Å². The average molecular weight is 277 g/mol. The molecule has 0 rings (SSSR count). The van der Waals surface area contributed by atoms with Gasteiger partial charge in [0.1, 0.15) is 0 Å². The van der Waals surface area contributed by atoms with E-state index in [-0.39, 0.29) is 0 Å². The van der Waals surface area contributed by atoms with E-state index in [0.29, 0.717) is 0 Å². The first-order valence-corrected chi connectivity index (χ1v) is 6.44. The molecule has 14 heavy (non-hydrogen) atoms. The first kappa shape index (κ1) is 19.8. The lowest BCUT2D eigenvalue weighted by atomic mass is 15.8. The fraction of sp³-hybridized carbons (Fsp3) is 0. The maximum atomic E-state index is 8.88. The molecule has 0 bridgehead atoms. The molecule has 0 aliphatic heterocycles. The second-order valence-corrected chi connectivity index (χ2v) is 3.84. The molecular weight excluding hydrogens is 269 g/mol. The van der Waals surface area contributed by atoms with Crippen LogP contribution in [0.1, 0.15) is 0 Å². The van der Waals surface area contributed by atoms with Crippen molar-refractivity contribution >= 4 is 23.9 Å². The molecule has 0 saturated carbocycles. The lowest BCUT2D eigenvalue weighted by molar-refractivity contribution is 0.272. The van der Waals surface area contributed by atoms with Crippen LogP contribution < -0.4 is 0 Å². The summed E-state index contributed by atoms with van der Waals surface area (Å²) in [6.07, 6.45) is 0. The fourth-order valence-electron chi connectivity index (χ4n) is 0. The molecule has 0 amide bonds. The maximum Gasteiger partial charge on any atom is 0.466 e. The van der Waals surface area contributed by atoms with Crippen LogP contribution in [0.25, 0.3) is 0 Å².